The fourth-order valence-corrected chi connectivity index (χ4v) is 2.43. The van der Waals surface area contributed by atoms with Gasteiger partial charge >= 0.3 is 0 Å². The van der Waals surface area contributed by atoms with Crippen molar-refractivity contribution in [1.29, 1.82) is 0 Å². The van der Waals surface area contributed by atoms with Crippen LogP contribution in [-0.4, -0.2) is 27.5 Å². The van der Waals surface area contributed by atoms with Crippen LogP contribution < -0.4 is 0 Å². The summed E-state index contributed by atoms with van der Waals surface area (Å²) in [7, 11) is 0. The van der Waals surface area contributed by atoms with E-state index in [0.717, 1.165) is 30.6 Å². The lowest BCUT2D eigenvalue weighted by Gasteiger charge is -2.23. The minimum absolute atomic E-state index is 0.303. The SMILES string of the molecule is Clc1cc2ccn(CC3CCCCO3)c2nn1. The number of fused-ring (bicyclic) bond motifs is 1. The van der Waals surface area contributed by atoms with Crippen LogP contribution in [0.15, 0.2) is 18.3 Å². The summed E-state index contributed by atoms with van der Waals surface area (Å²) in [5.74, 6) is 0. The number of rotatable bonds is 2. The molecule has 0 N–H and O–H groups in total. The second-order valence-corrected chi connectivity index (χ2v) is 4.79. The number of ether oxygens (including phenoxy) is 1. The smallest absolute Gasteiger partial charge is 0.162 e. The molecule has 1 saturated heterocycles. The van der Waals surface area contributed by atoms with Crippen molar-refractivity contribution in [2.24, 2.45) is 0 Å². The summed E-state index contributed by atoms with van der Waals surface area (Å²) in [5, 5.41) is 9.48. The largest absolute Gasteiger partial charge is 0.376 e. The summed E-state index contributed by atoms with van der Waals surface area (Å²) in [6, 6.07) is 3.85. The van der Waals surface area contributed by atoms with Crippen molar-refractivity contribution >= 4 is 22.6 Å². The zero-order valence-corrected chi connectivity index (χ0v) is 10.2. The van der Waals surface area contributed by atoms with Crippen LogP contribution in [0.3, 0.4) is 0 Å². The summed E-state index contributed by atoms with van der Waals surface area (Å²) in [4.78, 5) is 0. The molecule has 2 aromatic heterocycles. The van der Waals surface area contributed by atoms with Crippen LogP contribution in [0, 0.1) is 0 Å². The summed E-state index contributed by atoms with van der Waals surface area (Å²) in [5.41, 5.74) is 0.878. The van der Waals surface area contributed by atoms with Gasteiger partial charge in [0.2, 0.25) is 0 Å². The third-order valence-electron chi connectivity index (χ3n) is 3.15. The molecule has 90 valence electrons. The van der Waals surface area contributed by atoms with Gasteiger partial charge in [-0.05, 0) is 31.4 Å². The van der Waals surface area contributed by atoms with Gasteiger partial charge in [-0.3, -0.25) is 0 Å². The number of nitrogens with zero attached hydrogens (tertiary/aromatic N) is 3. The van der Waals surface area contributed by atoms with E-state index in [1.807, 2.05) is 18.3 Å². The molecule has 0 saturated carbocycles. The fraction of sp³-hybridized carbons (Fsp3) is 0.500. The lowest BCUT2D eigenvalue weighted by atomic mass is 10.1. The first-order valence-electron chi connectivity index (χ1n) is 5.92. The summed E-state index contributed by atoms with van der Waals surface area (Å²) in [6.07, 6.45) is 5.88. The molecule has 0 spiro atoms. The zero-order chi connectivity index (χ0) is 11.7. The molecule has 1 aliphatic heterocycles. The maximum atomic E-state index is 5.81. The molecule has 3 rings (SSSR count). The van der Waals surface area contributed by atoms with Crippen LogP contribution in [0.4, 0.5) is 0 Å². The van der Waals surface area contributed by atoms with Crippen molar-refractivity contribution in [3.8, 4) is 0 Å². The third-order valence-corrected chi connectivity index (χ3v) is 3.34. The van der Waals surface area contributed by atoms with E-state index in [9.17, 15) is 0 Å². The average Bonchev–Trinajstić information content (AvgIpc) is 2.73. The van der Waals surface area contributed by atoms with E-state index in [1.54, 1.807) is 0 Å². The van der Waals surface area contributed by atoms with E-state index in [2.05, 4.69) is 14.8 Å². The van der Waals surface area contributed by atoms with Gasteiger partial charge in [-0.25, -0.2) is 0 Å². The second-order valence-electron chi connectivity index (χ2n) is 4.40. The number of hydrogen-bond donors (Lipinski definition) is 0. The van der Waals surface area contributed by atoms with Gasteiger partial charge in [0, 0.05) is 18.2 Å². The van der Waals surface area contributed by atoms with E-state index in [0.29, 0.717) is 11.3 Å². The predicted octanol–water partition coefficient (Wildman–Crippen LogP) is 2.65. The van der Waals surface area contributed by atoms with E-state index in [1.165, 1.54) is 12.8 Å². The Morgan fingerprint density at radius 2 is 2.35 bits per heavy atom. The topological polar surface area (TPSA) is 39.9 Å². The molecule has 5 heteroatoms. The van der Waals surface area contributed by atoms with Gasteiger partial charge in [-0.2, -0.15) is 0 Å². The van der Waals surface area contributed by atoms with Crippen molar-refractivity contribution in [3.05, 3.63) is 23.5 Å². The molecule has 0 aliphatic carbocycles. The van der Waals surface area contributed by atoms with Crippen molar-refractivity contribution < 1.29 is 4.74 Å². The molecule has 1 unspecified atom stereocenters. The Labute approximate surface area is 105 Å². The van der Waals surface area contributed by atoms with Crippen LogP contribution in [0.5, 0.6) is 0 Å². The van der Waals surface area contributed by atoms with Crippen molar-refractivity contribution in [3.63, 3.8) is 0 Å². The number of hydrogen-bond acceptors (Lipinski definition) is 3. The second kappa shape index (κ2) is 4.63. The molecule has 17 heavy (non-hydrogen) atoms. The van der Waals surface area contributed by atoms with Crippen LogP contribution in [-0.2, 0) is 11.3 Å². The van der Waals surface area contributed by atoms with E-state index < -0.39 is 0 Å². The average molecular weight is 252 g/mol. The normalized spacial score (nSPS) is 20.9. The molecular weight excluding hydrogens is 238 g/mol. The van der Waals surface area contributed by atoms with E-state index in [-0.39, 0.29) is 0 Å². The molecule has 3 heterocycles. The highest BCUT2D eigenvalue weighted by molar-refractivity contribution is 6.29. The molecule has 2 aromatic rings. The van der Waals surface area contributed by atoms with Gasteiger partial charge in [-0.15, -0.1) is 10.2 Å². The Bertz CT molecular complexity index is 519. The summed E-state index contributed by atoms with van der Waals surface area (Å²) < 4.78 is 7.82. The number of halogens is 1. The van der Waals surface area contributed by atoms with Gasteiger partial charge in [0.1, 0.15) is 0 Å². The monoisotopic (exact) mass is 251 g/mol. The Hall–Kier alpha value is -1.13. The Balaban J connectivity index is 1.84. The van der Waals surface area contributed by atoms with Crippen molar-refractivity contribution in [1.82, 2.24) is 14.8 Å². The Morgan fingerprint density at radius 1 is 1.41 bits per heavy atom. The van der Waals surface area contributed by atoms with Gasteiger partial charge in [0.15, 0.2) is 10.8 Å². The maximum Gasteiger partial charge on any atom is 0.162 e. The van der Waals surface area contributed by atoms with E-state index >= 15 is 0 Å². The zero-order valence-electron chi connectivity index (χ0n) is 9.47. The van der Waals surface area contributed by atoms with Crippen LogP contribution >= 0.6 is 11.6 Å². The molecule has 1 aliphatic rings. The molecule has 0 bridgehead atoms. The molecular formula is C12H14ClN3O. The lowest BCUT2D eigenvalue weighted by molar-refractivity contribution is 0.00660. The third kappa shape index (κ3) is 2.28. The minimum atomic E-state index is 0.303. The molecule has 4 nitrogen and oxygen atoms in total. The lowest BCUT2D eigenvalue weighted by Crippen LogP contribution is -2.24. The molecule has 1 atom stereocenters. The quantitative estimate of drug-likeness (QED) is 0.824. The number of aromatic nitrogens is 3. The Morgan fingerprint density at radius 3 is 3.18 bits per heavy atom. The van der Waals surface area contributed by atoms with Crippen LogP contribution in [0.2, 0.25) is 5.15 Å². The van der Waals surface area contributed by atoms with Crippen molar-refractivity contribution in [2.75, 3.05) is 6.61 Å². The fourth-order valence-electron chi connectivity index (χ4n) is 2.28. The summed E-state index contributed by atoms with van der Waals surface area (Å²) in [6.45, 7) is 1.72. The first-order valence-corrected chi connectivity index (χ1v) is 6.30. The van der Waals surface area contributed by atoms with Gasteiger partial charge in [-0.1, -0.05) is 11.6 Å². The molecule has 0 aromatic carbocycles. The molecule has 1 fully saturated rings. The first kappa shape index (κ1) is 11.0. The highest BCUT2D eigenvalue weighted by Crippen LogP contribution is 2.19. The van der Waals surface area contributed by atoms with Crippen LogP contribution in [0.1, 0.15) is 19.3 Å². The van der Waals surface area contributed by atoms with Gasteiger partial charge in [0.25, 0.3) is 0 Å². The van der Waals surface area contributed by atoms with Gasteiger partial charge in [0.05, 0.1) is 12.6 Å². The van der Waals surface area contributed by atoms with Gasteiger partial charge < -0.3 is 9.30 Å². The molecule has 0 amide bonds. The Kier molecular flexibility index (Phi) is 2.99. The highest BCUT2D eigenvalue weighted by Gasteiger charge is 2.15. The highest BCUT2D eigenvalue weighted by atomic mass is 35.5. The summed E-state index contributed by atoms with van der Waals surface area (Å²) >= 11 is 5.81. The van der Waals surface area contributed by atoms with Crippen molar-refractivity contribution in [2.45, 2.75) is 31.9 Å². The standard InChI is InChI=1S/C12H14ClN3O/c13-11-7-9-4-5-16(12(9)15-14-11)8-10-3-1-2-6-17-10/h4-5,7,10H,1-3,6,8H2. The molecule has 0 radical (unpaired) electrons. The van der Waals surface area contributed by atoms with E-state index in [4.69, 9.17) is 16.3 Å². The minimum Gasteiger partial charge on any atom is -0.376 e. The predicted molar refractivity (Wildman–Crippen MR) is 66.1 cm³/mol. The maximum absolute atomic E-state index is 5.81. The first-order chi connectivity index (χ1) is 8.33. The van der Waals surface area contributed by atoms with Crippen LogP contribution in [0.25, 0.3) is 11.0 Å².